The Kier molecular flexibility index (Phi) is 6.00. The number of aryl methyl sites for hydroxylation is 2. The molecule has 0 saturated heterocycles. The molecule has 3 aromatic heterocycles. The second kappa shape index (κ2) is 9.27. The number of aromatic nitrogens is 5. The minimum atomic E-state index is -0.434. The molecule has 0 aliphatic heterocycles. The molecule has 0 bridgehead atoms. The van der Waals surface area contributed by atoms with Crippen molar-refractivity contribution in [2.45, 2.75) is 27.2 Å². The van der Waals surface area contributed by atoms with Crippen molar-refractivity contribution in [2.24, 2.45) is 0 Å². The van der Waals surface area contributed by atoms with Crippen LogP contribution in [0.4, 0.5) is 0 Å². The van der Waals surface area contributed by atoms with E-state index in [9.17, 15) is 9.59 Å². The molecular weight excluding hydrogens is 462 g/mol. The first-order chi connectivity index (χ1) is 16.9. The van der Waals surface area contributed by atoms with E-state index in [0.29, 0.717) is 11.1 Å². The van der Waals surface area contributed by atoms with Gasteiger partial charge in [-0.3, -0.25) is 9.59 Å². The molecule has 0 aliphatic carbocycles. The Morgan fingerprint density at radius 3 is 2.60 bits per heavy atom. The molecule has 8 nitrogen and oxygen atoms in total. The average molecular weight is 486 g/mol. The summed E-state index contributed by atoms with van der Waals surface area (Å²) < 4.78 is 9.22. The van der Waals surface area contributed by atoms with E-state index < -0.39 is 5.56 Å². The molecule has 5 rings (SSSR count). The fourth-order valence-corrected chi connectivity index (χ4v) is 4.62. The maximum atomic E-state index is 13.0. The molecule has 9 heteroatoms. The van der Waals surface area contributed by atoms with E-state index in [2.05, 4.69) is 17.0 Å². The highest BCUT2D eigenvalue weighted by Crippen LogP contribution is 2.29. The van der Waals surface area contributed by atoms with Gasteiger partial charge in [-0.15, -0.1) is 0 Å². The molecule has 0 saturated carbocycles. The molecule has 2 aromatic carbocycles. The molecule has 0 unspecified atom stereocenters. The topological polar surface area (TPSA) is 91.4 Å². The lowest BCUT2D eigenvalue weighted by Crippen LogP contribution is -2.27. The van der Waals surface area contributed by atoms with Crippen molar-refractivity contribution in [3.63, 3.8) is 0 Å². The maximum Gasteiger partial charge on any atom is 0.295 e. The van der Waals surface area contributed by atoms with Crippen molar-refractivity contribution >= 4 is 22.4 Å². The number of hydrogen-bond acceptors (Lipinski definition) is 7. The van der Waals surface area contributed by atoms with Crippen molar-refractivity contribution in [2.75, 3.05) is 6.61 Å². The summed E-state index contributed by atoms with van der Waals surface area (Å²) in [4.78, 5) is 29.2. The molecule has 0 fully saturated rings. The van der Waals surface area contributed by atoms with Crippen LogP contribution in [0.2, 0.25) is 0 Å². The normalized spacial score (nSPS) is 11.9. The van der Waals surface area contributed by atoms with Gasteiger partial charge in [-0.25, -0.2) is 4.68 Å². The third kappa shape index (κ3) is 4.38. The number of nitrogens with zero attached hydrogens (tertiary/aromatic N) is 5. The van der Waals surface area contributed by atoms with Gasteiger partial charge in [0.2, 0.25) is 4.96 Å². The zero-order valence-electron chi connectivity index (χ0n) is 19.6. The van der Waals surface area contributed by atoms with Gasteiger partial charge < -0.3 is 4.74 Å². The van der Waals surface area contributed by atoms with Gasteiger partial charge >= 0.3 is 0 Å². The second-order valence-corrected chi connectivity index (χ2v) is 9.16. The third-order valence-electron chi connectivity index (χ3n) is 5.50. The molecule has 35 heavy (non-hydrogen) atoms. The molecule has 176 valence electrons. The van der Waals surface area contributed by atoms with Gasteiger partial charge in [-0.1, -0.05) is 36.5 Å². The molecular formula is C26H23N5O3S. The Morgan fingerprint density at radius 2 is 1.86 bits per heavy atom. The number of thiazole rings is 1. The van der Waals surface area contributed by atoms with Gasteiger partial charge in [-0.2, -0.15) is 19.7 Å². The van der Waals surface area contributed by atoms with Crippen molar-refractivity contribution in [3.05, 3.63) is 96.8 Å². The SMILES string of the molecule is CCCOc1ccc(-c2nn(-c3ccccc3)cc2/C=c2\sc3nc(=O)c(C)nn3c2=O)cc1C. The van der Waals surface area contributed by atoms with Crippen LogP contribution in [-0.2, 0) is 0 Å². The summed E-state index contributed by atoms with van der Waals surface area (Å²) in [5.41, 5.74) is 3.72. The largest absolute Gasteiger partial charge is 0.493 e. The van der Waals surface area contributed by atoms with E-state index >= 15 is 0 Å². The zero-order chi connectivity index (χ0) is 24.5. The van der Waals surface area contributed by atoms with Crippen LogP contribution in [0.1, 0.15) is 30.2 Å². The number of rotatable bonds is 6. The Labute approximate surface area is 204 Å². The van der Waals surface area contributed by atoms with Gasteiger partial charge in [0.15, 0.2) is 0 Å². The van der Waals surface area contributed by atoms with Crippen LogP contribution >= 0.6 is 11.3 Å². The summed E-state index contributed by atoms with van der Waals surface area (Å²) >= 11 is 1.13. The summed E-state index contributed by atoms with van der Waals surface area (Å²) in [7, 11) is 0. The van der Waals surface area contributed by atoms with Crippen molar-refractivity contribution in [1.29, 1.82) is 0 Å². The number of fused-ring (bicyclic) bond motifs is 1. The van der Waals surface area contributed by atoms with Gasteiger partial charge in [0.05, 0.1) is 16.8 Å². The molecule has 0 amide bonds. The van der Waals surface area contributed by atoms with Gasteiger partial charge in [0.1, 0.15) is 17.1 Å². The number of para-hydroxylation sites is 1. The summed E-state index contributed by atoms with van der Waals surface area (Å²) in [5, 5.41) is 8.95. The van der Waals surface area contributed by atoms with E-state index in [-0.39, 0.29) is 16.2 Å². The summed E-state index contributed by atoms with van der Waals surface area (Å²) in [6, 6.07) is 15.7. The van der Waals surface area contributed by atoms with Crippen LogP contribution in [-0.4, -0.2) is 31.0 Å². The van der Waals surface area contributed by atoms with E-state index in [1.165, 1.54) is 4.52 Å². The highest BCUT2D eigenvalue weighted by molar-refractivity contribution is 7.15. The van der Waals surface area contributed by atoms with Gasteiger partial charge in [0.25, 0.3) is 11.1 Å². The summed E-state index contributed by atoms with van der Waals surface area (Å²) in [5.74, 6) is 0.840. The first kappa shape index (κ1) is 22.7. The van der Waals surface area contributed by atoms with Crippen molar-refractivity contribution in [3.8, 4) is 22.7 Å². The fraction of sp³-hybridized carbons (Fsp3) is 0.192. The minimum Gasteiger partial charge on any atom is -0.493 e. The lowest BCUT2D eigenvalue weighted by Gasteiger charge is -2.09. The van der Waals surface area contributed by atoms with Crippen LogP contribution in [0.25, 0.3) is 28.0 Å². The Bertz CT molecular complexity index is 1700. The van der Waals surface area contributed by atoms with Crippen LogP contribution in [0.5, 0.6) is 5.75 Å². The number of hydrogen-bond donors (Lipinski definition) is 0. The molecule has 0 radical (unpaired) electrons. The average Bonchev–Trinajstić information content (AvgIpc) is 3.41. The first-order valence-electron chi connectivity index (χ1n) is 11.3. The monoisotopic (exact) mass is 485 g/mol. The zero-order valence-corrected chi connectivity index (χ0v) is 20.4. The van der Waals surface area contributed by atoms with Crippen LogP contribution in [0, 0.1) is 13.8 Å². The second-order valence-electron chi connectivity index (χ2n) is 8.15. The summed E-state index contributed by atoms with van der Waals surface area (Å²) in [6.45, 7) is 6.28. The first-order valence-corrected chi connectivity index (χ1v) is 12.1. The van der Waals surface area contributed by atoms with Crippen molar-refractivity contribution in [1.82, 2.24) is 24.4 Å². The predicted octanol–water partition coefficient (Wildman–Crippen LogP) is 3.32. The Balaban J connectivity index is 1.69. The molecule has 0 atom stereocenters. The molecule has 5 aromatic rings. The van der Waals surface area contributed by atoms with E-state index in [0.717, 1.165) is 51.6 Å². The molecule has 0 aliphatic rings. The third-order valence-corrected chi connectivity index (χ3v) is 6.46. The van der Waals surface area contributed by atoms with Crippen LogP contribution in [0.15, 0.2) is 64.3 Å². The number of ether oxygens (including phenoxy) is 1. The summed E-state index contributed by atoms with van der Waals surface area (Å²) in [6.07, 6.45) is 4.60. The molecule has 0 N–H and O–H groups in total. The highest BCUT2D eigenvalue weighted by Gasteiger charge is 2.15. The van der Waals surface area contributed by atoms with Gasteiger partial charge in [-0.05, 0) is 62.2 Å². The standard InChI is InChI=1S/C26H23N5O3S/c1-4-12-34-21-11-10-18(13-16(21)2)23-19(15-30(29-23)20-8-6-5-7-9-20)14-22-25(33)31-26(35-22)27-24(32)17(3)28-31/h5-11,13-15H,4,12H2,1-3H3/b22-14-. The highest BCUT2D eigenvalue weighted by atomic mass is 32.1. The lowest BCUT2D eigenvalue weighted by molar-refractivity contribution is 0.315. The Morgan fingerprint density at radius 1 is 1.06 bits per heavy atom. The van der Waals surface area contributed by atoms with Crippen LogP contribution < -0.4 is 20.4 Å². The van der Waals surface area contributed by atoms with Crippen LogP contribution in [0.3, 0.4) is 0 Å². The van der Waals surface area contributed by atoms with Crippen molar-refractivity contribution < 1.29 is 4.74 Å². The van der Waals surface area contributed by atoms with E-state index in [1.54, 1.807) is 17.7 Å². The predicted molar refractivity (Wildman–Crippen MR) is 136 cm³/mol. The smallest absolute Gasteiger partial charge is 0.295 e. The quantitative estimate of drug-likeness (QED) is 0.366. The Hall–Kier alpha value is -4.11. The number of benzene rings is 2. The molecule has 0 spiro atoms. The van der Waals surface area contributed by atoms with E-state index in [1.807, 2.05) is 61.7 Å². The minimum absolute atomic E-state index is 0.183. The lowest BCUT2D eigenvalue weighted by atomic mass is 10.0. The fourth-order valence-electron chi connectivity index (χ4n) is 3.73. The van der Waals surface area contributed by atoms with E-state index in [4.69, 9.17) is 9.84 Å². The maximum absolute atomic E-state index is 13.0. The molecule has 3 heterocycles. The van der Waals surface area contributed by atoms with Gasteiger partial charge in [0, 0.05) is 17.3 Å².